The minimum absolute atomic E-state index is 0.270. The van der Waals surface area contributed by atoms with Gasteiger partial charge in [-0.3, -0.25) is 4.68 Å². The van der Waals surface area contributed by atoms with Crippen LogP contribution in [0.2, 0.25) is 0 Å². The molecular formula is C16H16F2N6O. The molecule has 0 radical (unpaired) electrons. The van der Waals surface area contributed by atoms with Gasteiger partial charge in [-0.1, -0.05) is 6.07 Å². The van der Waals surface area contributed by atoms with Gasteiger partial charge < -0.3 is 15.7 Å². The van der Waals surface area contributed by atoms with Gasteiger partial charge in [0, 0.05) is 13.6 Å². The molecule has 0 saturated carbocycles. The lowest BCUT2D eigenvalue weighted by Crippen LogP contribution is -2.26. The number of aromatic nitrogens is 4. The summed E-state index contributed by atoms with van der Waals surface area (Å²) in [5.74, 6) is -1.24. The zero-order valence-electron chi connectivity index (χ0n) is 13.4. The summed E-state index contributed by atoms with van der Waals surface area (Å²) in [7, 11) is 1.74. The van der Waals surface area contributed by atoms with Crippen LogP contribution in [0.25, 0.3) is 11.0 Å². The van der Waals surface area contributed by atoms with E-state index in [1.54, 1.807) is 22.8 Å². The zero-order chi connectivity index (χ0) is 17.7. The third-order valence-electron chi connectivity index (χ3n) is 4.47. The van der Waals surface area contributed by atoms with Crippen LogP contribution in [0.5, 0.6) is 0 Å². The van der Waals surface area contributed by atoms with Crippen LogP contribution in [0.3, 0.4) is 0 Å². The largest absolute Gasteiger partial charge is 0.391 e. The van der Waals surface area contributed by atoms with Gasteiger partial charge in [-0.15, -0.1) is 0 Å². The molecule has 3 heterocycles. The highest BCUT2D eigenvalue weighted by molar-refractivity contribution is 5.86. The van der Waals surface area contributed by atoms with Crippen LogP contribution in [0.15, 0.2) is 24.4 Å². The number of nitrogens with zero attached hydrogens (tertiary/aromatic N) is 5. The second-order valence-corrected chi connectivity index (χ2v) is 6.15. The van der Waals surface area contributed by atoms with Gasteiger partial charge in [-0.2, -0.15) is 15.1 Å². The number of nitrogens with two attached hydrogens (primary N) is 1. The van der Waals surface area contributed by atoms with E-state index in [1.165, 1.54) is 6.07 Å². The van der Waals surface area contributed by atoms with E-state index in [4.69, 9.17) is 5.73 Å². The van der Waals surface area contributed by atoms with Crippen molar-refractivity contribution in [1.29, 1.82) is 0 Å². The fourth-order valence-electron chi connectivity index (χ4n) is 3.23. The van der Waals surface area contributed by atoms with Crippen LogP contribution in [0.4, 0.5) is 20.5 Å². The minimum Gasteiger partial charge on any atom is -0.391 e. The van der Waals surface area contributed by atoms with Crippen molar-refractivity contribution in [1.82, 2.24) is 19.7 Å². The number of rotatable bonds is 2. The van der Waals surface area contributed by atoms with Crippen LogP contribution in [0, 0.1) is 11.6 Å². The molecule has 1 aromatic carbocycles. The quantitative estimate of drug-likeness (QED) is 0.731. The molecule has 2 aromatic heterocycles. The first-order chi connectivity index (χ1) is 11.9. The Morgan fingerprint density at radius 3 is 2.80 bits per heavy atom. The first kappa shape index (κ1) is 15.7. The van der Waals surface area contributed by atoms with Gasteiger partial charge in [-0.05, 0) is 24.1 Å². The number of nitrogen functional groups attached to an aromatic ring is 1. The molecule has 4 rings (SSSR count). The molecule has 0 aliphatic carbocycles. The lowest BCUT2D eigenvalue weighted by molar-refractivity contribution is 0.194. The first-order valence-corrected chi connectivity index (χ1v) is 7.79. The number of aryl methyl sites for hydroxylation is 1. The van der Waals surface area contributed by atoms with Crippen molar-refractivity contribution in [3.05, 3.63) is 41.6 Å². The molecule has 0 spiro atoms. The first-order valence-electron chi connectivity index (χ1n) is 7.79. The number of aliphatic hydroxyl groups is 1. The van der Waals surface area contributed by atoms with Crippen molar-refractivity contribution < 1.29 is 13.9 Å². The van der Waals surface area contributed by atoms with E-state index in [2.05, 4.69) is 15.1 Å². The van der Waals surface area contributed by atoms with E-state index in [1.807, 2.05) is 0 Å². The molecule has 9 heteroatoms. The average Bonchev–Trinajstić information content (AvgIpc) is 3.14. The Balaban J connectivity index is 1.79. The number of hydrogen-bond donors (Lipinski definition) is 2. The molecule has 130 valence electrons. The molecule has 7 nitrogen and oxygen atoms in total. The summed E-state index contributed by atoms with van der Waals surface area (Å²) in [6, 6.07) is 3.33. The zero-order valence-corrected chi connectivity index (χ0v) is 13.4. The number of β-amino-alcohol motifs (C(OH)–C–C–N with tert-alkyl or cyclic N) is 1. The SMILES string of the molecule is Cn1ncc2c(N)nc(N3C[C@@H](O)C[C@@H]3c3ccc(F)c(F)c3)nc21. The number of fused-ring (bicyclic) bond motifs is 1. The van der Waals surface area contributed by atoms with Gasteiger partial charge in [0.1, 0.15) is 5.82 Å². The van der Waals surface area contributed by atoms with Gasteiger partial charge in [-0.25, -0.2) is 8.78 Å². The third kappa shape index (κ3) is 2.56. The molecule has 25 heavy (non-hydrogen) atoms. The standard InChI is InChI=1S/C16H16F2N6O/c1-23-15-10(6-20-23)14(19)21-16(22-15)24-7-9(25)5-13(24)8-2-3-11(17)12(18)4-8/h2-4,6,9,13,25H,5,7H2,1H3,(H2,19,21,22)/t9-,13+/m0/s1. The molecule has 1 fully saturated rings. The highest BCUT2D eigenvalue weighted by atomic mass is 19.2. The molecule has 3 aromatic rings. The van der Waals surface area contributed by atoms with Crippen LogP contribution in [0.1, 0.15) is 18.0 Å². The Bertz CT molecular complexity index is 959. The van der Waals surface area contributed by atoms with E-state index in [0.29, 0.717) is 29.0 Å². The predicted octanol–water partition coefficient (Wildman–Crippen LogP) is 1.54. The number of anilines is 2. The maximum atomic E-state index is 13.6. The molecular weight excluding hydrogens is 330 g/mol. The maximum Gasteiger partial charge on any atom is 0.229 e. The summed E-state index contributed by atoms with van der Waals surface area (Å²) >= 11 is 0. The fourth-order valence-corrected chi connectivity index (χ4v) is 3.23. The van der Waals surface area contributed by atoms with E-state index in [-0.39, 0.29) is 18.4 Å². The summed E-state index contributed by atoms with van der Waals surface area (Å²) in [6.45, 7) is 0.270. The molecule has 0 bridgehead atoms. The maximum absolute atomic E-state index is 13.6. The lowest BCUT2D eigenvalue weighted by atomic mass is 10.0. The van der Waals surface area contributed by atoms with Crippen LogP contribution < -0.4 is 10.6 Å². The Hall–Kier alpha value is -2.81. The summed E-state index contributed by atoms with van der Waals surface area (Å²) in [5.41, 5.74) is 7.10. The highest BCUT2D eigenvalue weighted by Gasteiger charge is 2.34. The van der Waals surface area contributed by atoms with Gasteiger partial charge in [0.25, 0.3) is 0 Å². The van der Waals surface area contributed by atoms with Gasteiger partial charge in [0.05, 0.1) is 23.7 Å². The number of hydrogen-bond acceptors (Lipinski definition) is 6. The smallest absolute Gasteiger partial charge is 0.229 e. The Labute approximate surface area is 141 Å². The monoisotopic (exact) mass is 346 g/mol. The van der Waals surface area contributed by atoms with Gasteiger partial charge >= 0.3 is 0 Å². The lowest BCUT2D eigenvalue weighted by Gasteiger charge is -2.25. The van der Waals surface area contributed by atoms with Crippen molar-refractivity contribution >= 4 is 22.8 Å². The Kier molecular flexibility index (Phi) is 3.53. The average molecular weight is 346 g/mol. The molecule has 1 saturated heterocycles. The second-order valence-electron chi connectivity index (χ2n) is 6.15. The molecule has 1 aliphatic rings. The van der Waals surface area contributed by atoms with Gasteiger partial charge in [0.15, 0.2) is 17.3 Å². The topological polar surface area (TPSA) is 93.1 Å². The summed E-state index contributed by atoms with van der Waals surface area (Å²) < 4.78 is 28.4. The van der Waals surface area contributed by atoms with Crippen molar-refractivity contribution in [2.24, 2.45) is 7.05 Å². The minimum atomic E-state index is -0.929. The summed E-state index contributed by atoms with van der Waals surface area (Å²) in [4.78, 5) is 10.5. The summed E-state index contributed by atoms with van der Waals surface area (Å²) in [6.07, 6.45) is 1.31. The van der Waals surface area contributed by atoms with Crippen molar-refractivity contribution in [2.75, 3.05) is 17.2 Å². The van der Waals surface area contributed by atoms with Crippen molar-refractivity contribution in [2.45, 2.75) is 18.6 Å². The molecule has 0 amide bonds. The van der Waals surface area contributed by atoms with E-state index >= 15 is 0 Å². The van der Waals surface area contributed by atoms with E-state index in [9.17, 15) is 13.9 Å². The number of aliphatic hydroxyl groups excluding tert-OH is 1. The number of halogens is 2. The van der Waals surface area contributed by atoms with Crippen LogP contribution in [-0.4, -0.2) is 37.5 Å². The summed E-state index contributed by atoms with van der Waals surface area (Å²) in [5, 5.41) is 14.8. The van der Waals surface area contributed by atoms with Gasteiger partial charge in [0.2, 0.25) is 5.95 Å². The fraction of sp³-hybridized carbons (Fsp3) is 0.312. The Morgan fingerprint density at radius 2 is 2.04 bits per heavy atom. The molecule has 0 unspecified atom stereocenters. The molecule has 2 atom stereocenters. The van der Waals surface area contributed by atoms with E-state index in [0.717, 1.165) is 12.1 Å². The molecule has 3 N–H and O–H groups in total. The van der Waals surface area contributed by atoms with Crippen LogP contribution >= 0.6 is 0 Å². The normalized spacial score (nSPS) is 20.6. The number of benzene rings is 1. The van der Waals surface area contributed by atoms with Crippen LogP contribution in [-0.2, 0) is 7.05 Å². The van der Waals surface area contributed by atoms with Crippen molar-refractivity contribution in [3.63, 3.8) is 0 Å². The predicted molar refractivity (Wildman–Crippen MR) is 87.8 cm³/mol. The third-order valence-corrected chi connectivity index (χ3v) is 4.47. The molecule has 1 aliphatic heterocycles. The highest BCUT2D eigenvalue weighted by Crippen LogP contribution is 2.36. The second kappa shape index (κ2) is 5.62. The van der Waals surface area contributed by atoms with Crippen molar-refractivity contribution in [3.8, 4) is 0 Å². The Morgan fingerprint density at radius 1 is 1.24 bits per heavy atom. The van der Waals surface area contributed by atoms with E-state index < -0.39 is 17.7 Å².